The topological polar surface area (TPSA) is 63.3 Å². The number of nitrogens with zero attached hydrogens (tertiary/aromatic N) is 2. The van der Waals surface area contributed by atoms with Crippen molar-refractivity contribution in [1.29, 1.82) is 0 Å². The molecular weight excluding hydrogens is 176 g/mol. The van der Waals surface area contributed by atoms with Crippen LogP contribution >= 0.6 is 0 Å². The number of aliphatic imine (C=N–C) groups is 1. The Bertz CT molecular complexity index is 294. The van der Waals surface area contributed by atoms with Gasteiger partial charge >= 0.3 is 0 Å². The molecule has 4 heteroatoms. The number of hydrogen-bond acceptors (Lipinski definition) is 2. The standard InChI is InChI=1S/C10H16N4/c1-3-13-10(11)14-8(2)9-5-4-6-12-7-9/h4-8H,3H2,1-2H3,(H3,11,13,14)/t8-/m1/s1. The normalized spacial score (nSPS) is 13.7. The third-order valence-corrected chi connectivity index (χ3v) is 1.88. The van der Waals surface area contributed by atoms with E-state index in [4.69, 9.17) is 5.73 Å². The van der Waals surface area contributed by atoms with Crippen molar-refractivity contribution in [3.05, 3.63) is 30.1 Å². The summed E-state index contributed by atoms with van der Waals surface area (Å²) in [5, 5.41) is 3.08. The van der Waals surface area contributed by atoms with E-state index in [0.717, 1.165) is 5.56 Å². The first-order chi connectivity index (χ1) is 6.74. The summed E-state index contributed by atoms with van der Waals surface area (Å²) >= 11 is 0. The fourth-order valence-electron chi connectivity index (χ4n) is 1.15. The first-order valence-corrected chi connectivity index (χ1v) is 4.70. The fourth-order valence-corrected chi connectivity index (χ4v) is 1.15. The average Bonchev–Trinajstić information content (AvgIpc) is 2.19. The van der Waals surface area contributed by atoms with Gasteiger partial charge in [0.05, 0.1) is 6.04 Å². The van der Waals surface area contributed by atoms with Gasteiger partial charge in [0.1, 0.15) is 0 Å². The summed E-state index contributed by atoms with van der Waals surface area (Å²) in [6.45, 7) is 4.66. The number of pyridine rings is 1. The number of rotatable bonds is 3. The third-order valence-electron chi connectivity index (χ3n) is 1.88. The van der Waals surface area contributed by atoms with Crippen molar-refractivity contribution in [3.63, 3.8) is 0 Å². The van der Waals surface area contributed by atoms with Crippen LogP contribution < -0.4 is 11.1 Å². The van der Waals surface area contributed by atoms with Crippen LogP contribution in [-0.4, -0.2) is 17.5 Å². The van der Waals surface area contributed by atoms with Gasteiger partial charge in [0.2, 0.25) is 0 Å². The molecule has 1 aromatic rings. The molecule has 0 spiro atoms. The van der Waals surface area contributed by atoms with Crippen molar-refractivity contribution < 1.29 is 0 Å². The molecule has 0 aliphatic carbocycles. The van der Waals surface area contributed by atoms with Gasteiger partial charge in [0, 0.05) is 18.9 Å². The first kappa shape index (κ1) is 10.5. The minimum Gasteiger partial charge on any atom is -0.370 e. The van der Waals surface area contributed by atoms with Crippen LogP contribution in [0, 0.1) is 0 Å². The van der Waals surface area contributed by atoms with E-state index in [-0.39, 0.29) is 6.04 Å². The van der Waals surface area contributed by atoms with E-state index in [1.807, 2.05) is 32.2 Å². The minimum atomic E-state index is 0.138. The van der Waals surface area contributed by atoms with Gasteiger partial charge in [0.15, 0.2) is 5.96 Å². The maximum Gasteiger partial charge on any atom is 0.189 e. The molecule has 1 rings (SSSR count). The zero-order chi connectivity index (χ0) is 10.4. The Kier molecular flexibility index (Phi) is 3.91. The lowest BCUT2D eigenvalue weighted by molar-refractivity contribution is 0.705. The number of aromatic nitrogens is 1. The molecule has 0 aromatic carbocycles. The number of nitrogens with two attached hydrogens (primary N) is 1. The Balaban J connectivity index is 2.59. The first-order valence-electron chi connectivity index (χ1n) is 4.70. The lowest BCUT2D eigenvalue weighted by Crippen LogP contribution is -2.33. The molecule has 3 N–H and O–H groups in total. The van der Waals surface area contributed by atoms with E-state index in [0.29, 0.717) is 12.5 Å². The van der Waals surface area contributed by atoms with Crippen LogP contribution in [0.3, 0.4) is 0 Å². The summed E-state index contributed by atoms with van der Waals surface area (Å²) in [7, 11) is 0. The Hall–Kier alpha value is -1.58. The zero-order valence-corrected chi connectivity index (χ0v) is 8.57. The second-order valence-corrected chi connectivity index (χ2v) is 3.01. The largest absolute Gasteiger partial charge is 0.370 e. The molecule has 0 aliphatic rings. The SMILES string of the molecule is CCN=C(N)N[C@H](C)c1cccnc1. The molecular formula is C10H16N4. The number of guanidine groups is 1. The third kappa shape index (κ3) is 3.05. The molecule has 1 atom stereocenters. The van der Waals surface area contributed by atoms with E-state index >= 15 is 0 Å². The fraction of sp³-hybridized carbons (Fsp3) is 0.400. The summed E-state index contributed by atoms with van der Waals surface area (Å²) < 4.78 is 0. The van der Waals surface area contributed by atoms with Gasteiger partial charge in [0.25, 0.3) is 0 Å². The summed E-state index contributed by atoms with van der Waals surface area (Å²) in [4.78, 5) is 8.09. The van der Waals surface area contributed by atoms with Gasteiger partial charge in [-0.1, -0.05) is 6.07 Å². The molecule has 14 heavy (non-hydrogen) atoms. The molecule has 0 unspecified atom stereocenters. The van der Waals surface area contributed by atoms with E-state index in [1.54, 1.807) is 6.20 Å². The van der Waals surface area contributed by atoms with Crippen molar-refractivity contribution in [2.24, 2.45) is 10.7 Å². The van der Waals surface area contributed by atoms with Crippen LogP contribution in [0.15, 0.2) is 29.5 Å². The highest BCUT2D eigenvalue weighted by Gasteiger charge is 2.04. The van der Waals surface area contributed by atoms with Crippen molar-refractivity contribution in [2.45, 2.75) is 19.9 Å². The van der Waals surface area contributed by atoms with Crippen LogP contribution in [0.1, 0.15) is 25.5 Å². The van der Waals surface area contributed by atoms with Gasteiger partial charge < -0.3 is 11.1 Å². The maximum atomic E-state index is 5.64. The van der Waals surface area contributed by atoms with Crippen LogP contribution in [-0.2, 0) is 0 Å². The molecule has 76 valence electrons. The van der Waals surface area contributed by atoms with E-state index < -0.39 is 0 Å². The van der Waals surface area contributed by atoms with E-state index in [9.17, 15) is 0 Å². The minimum absolute atomic E-state index is 0.138. The van der Waals surface area contributed by atoms with Crippen LogP contribution in [0.25, 0.3) is 0 Å². The molecule has 0 amide bonds. The highest BCUT2D eigenvalue weighted by Crippen LogP contribution is 2.08. The summed E-state index contributed by atoms with van der Waals surface area (Å²) in [6, 6.07) is 4.05. The Morgan fingerprint density at radius 2 is 2.50 bits per heavy atom. The van der Waals surface area contributed by atoms with Gasteiger partial charge in [-0.3, -0.25) is 9.98 Å². The van der Waals surface area contributed by atoms with Gasteiger partial charge in [-0.2, -0.15) is 0 Å². The molecule has 0 saturated heterocycles. The lowest BCUT2D eigenvalue weighted by Gasteiger charge is -2.13. The predicted octanol–water partition coefficient (Wildman–Crippen LogP) is 1.07. The zero-order valence-electron chi connectivity index (χ0n) is 8.57. The molecule has 0 fully saturated rings. The molecule has 0 saturated carbocycles. The van der Waals surface area contributed by atoms with Gasteiger partial charge in [-0.05, 0) is 25.5 Å². The molecule has 1 heterocycles. The molecule has 0 radical (unpaired) electrons. The van der Waals surface area contributed by atoms with E-state index in [1.165, 1.54) is 0 Å². The lowest BCUT2D eigenvalue weighted by atomic mass is 10.1. The molecule has 0 aliphatic heterocycles. The molecule has 4 nitrogen and oxygen atoms in total. The average molecular weight is 192 g/mol. The highest BCUT2D eigenvalue weighted by molar-refractivity contribution is 5.78. The quantitative estimate of drug-likeness (QED) is 0.556. The van der Waals surface area contributed by atoms with Crippen LogP contribution in [0.2, 0.25) is 0 Å². The van der Waals surface area contributed by atoms with Crippen molar-refractivity contribution in [3.8, 4) is 0 Å². The summed E-state index contributed by atoms with van der Waals surface area (Å²) in [5.74, 6) is 0.476. The second-order valence-electron chi connectivity index (χ2n) is 3.01. The maximum absolute atomic E-state index is 5.64. The van der Waals surface area contributed by atoms with Gasteiger partial charge in [-0.15, -0.1) is 0 Å². The van der Waals surface area contributed by atoms with E-state index in [2.05, 4.69) is 15.3 Å². The van der Waals surface area contributed by atoms with Crippen molar-refractivity contribution in [1.82, 2.24) is 10.3 Å². The van der Waals surface area contributed by atoms with Crippen LogP contribution in [0.5, 0.6) is 0 Å². The summed E-state index contributed by atoms with van der Waals surface area (Å²) in [6.07, 6.45) is 3.57. The Morgan fingerprint density at radius 3 is 3.07 bits per heavy atom. The predicted molar refractivity (Wildman–Crippen MR) is 58.0 cm³/mol. The second kappa shape index (κ2) is 5.21. The van der Waals surface area contributed by atoms with Gasteiger partial charge in [-0.25, -0.2) is 0 Å². The molecule has 0 bridgehead atoms. The number of hydrogen-bond donors (Lipinski definition) is 2. The smallest absolute Gasteiger partial charge is 0.189 e. The van der Waals surface area contributed by atoms with Crippen LogP contribution in [0.4, 0.5) is 0 Å². The Morgan fingerprint density at radius 1 is 1.71 bits per heavy atom. The highest BCUT2D eigenvalue weighted by atomic mass is 15.1. The van der Waals surface area contributed by atoms with Crippen molar-refractivity contribution in [2.75, 3.05) is 6.54 Å². The Labute approximate surface area is 84.3 Å². The van der Waals surface area contributed by atoms with Crippen molar-refractivity contribution >= 4 is 5.96 Å². The summed E-state index contributed by atoms with van der Waals surface area (Å²) in [5.41, 5.74) is 6.74. The monoisotopic (exact) mass is 192 g/mol. The number of nitrogens with one attached hydrogen (secondary N) is 1. The molecule has 1 aromatic heterocycles.